The van der Waals surface area contributed by atoms with Gasteiger partial charge in [-0.2, -0.15) is 0 Å². The number of fused-ring (bicyclic) bond motifs is 3. The van der Waals surface area contributed by atoms with Crippen molar-refractivity contribution in [2.45, 2.75) is 59.6 Å². The molecule has 0 fully saturated rings. The number of carbonyl (C=O) groups excluding carboxylic acids is 4. The number of anilines is 3. The standard InChI is InChI=1S/C34H34N4O5S3/c1-4-26(31(40)36-32-30(33(41)43-3)23-16-17-37(20(2)39)19-29(23)46-32)44-22-11-9-10-21(18-22)35-34(42)38-24-12-5-7-14-27(24)45-28-15-8-6-13-25(28)38/h5-15,18,24,26-27H,4,16-17,19H2,1-3H3,(H,35,42)(H,36,40). The number of ether oxygens (including phenoxy) is 1. The highest BCUT2D eigenvalue weighted by atomic mass is 32.2. The Bertz CT molecular complexity index is 1750. The molecule has 3 atom stereocenters. The lowest BCUT2D eigenvalue weighted by atomic mass is 10.0. The largest absolute Gasteiger partial charge is 0.465 e. The number of urea groups is 1. The lowest BCUT2D eigenvalue weighted by molar-refractivity contribution is -0.129. The van der Waals surface area contributed by atoms with E-state index in [1.807, 2.05) is 72.5 Å². The number of carbonyl (C=O) groups is 4. The zero-order chi connectivity index (χ0) is 32.4. The van der Waals surface area contributed by atoms with Crippen molar-refractivity contribution in [2.75, 3.05) is 29.2 Å². The van der Waals surface area contributed by atoms with Gasteiger partial charge in [-0.3, -0.25) is 14.5 Å². The van der Waals surface area contributed by atoms with E-state index in [0.717, 1.165) is 25.9 Å². The minimum absolute atomic E-state index is 0.0305. The number of allylic oxidation sites excluding steroid dienone is 2. The number of para-hydroxylation sites is 1. The fourth-order valence-corrected chi connectivity index (χ4v) is 9.34. The molecule has 12 heteroatoms. The molecular weight excluding hydrogens is 641 g/mol. The van der Waals surface area contributed by atoms with E-state index >= 15 is 0 Å². The van der Waals surface area contributed by atoms with E-state index < -0.39 is 11.2 Å². The maximum atomic E-state index is 13.8. The summed E-state index contributed by atoms with van der Waals surface area (Å²) < 4.78 is 5.06. The number of nitrogens with one attached hydrogen (secondary N) is 2. The van der Waals surface area contributed by atoms with Gasteiger partial charge in [-0.25, -0.2) is 9.59 Å². The summed E-state index contributed by atoms with van der Waals surface area (Å²) in [6, 6.07) is 15.1. The number of amides is 4. The van der Waals surface area contributed by atoms with E-state index in [0.29, 0.717) is 42.2 Å². The Balaban J connectivity index is 1.17. The van der Waals surface area contributed by atoms with Crippen LogP contribution in [-0.2, 0) is 27.3 Å². The van der Waals surface area contributed by atoms with Crippen molar-refractivity contribution in [3.05, 3.63) is 88.8 Å². The van der Waals surface area contributed by atoms with Gasteiger partial charge in [-0.1, -0.05) is 49.4 Å². The molecule has 3 aromatic rings. The number of rotatable bonds is 7. The van der Waals surface area contributed by atoms with Gasteiger partial charge < -0.3 is 20.3 Å². The molecule has 0 radical (unpaired) electrons. The second-order valence-corrected chi connectivity index (χ2v) is 14.6. The number of thiophene rings is 1. The number of benzene rings is 2. The molecular formula is C34H34N4O5S3. The lowest BCUT2D eigenvalue weighted by Gasteiger charge is -2.40. The van der Waals surface area contributed by atoms with E-state index in [9.17, 15) is 19.2 Å². The van der Waals surface area contributed by atoms with Gasteiger partial charge in [0, 0.05) is 33.8 Å². The lowest BCUT2D eigenvalue weighted by Crippen LogP contribution is -2.49. The Morgan fingerprint density at radius 1 is 1.07 bits per heavy atom. The first kappa shape index (κ1) is 32.0. The maximum absolute atomic E-state index is 13.8. The summed E-state index contributed by atoms with van der Waals surface area (Å²) in [4.78, 5) is 58.4. The second-order valence-electron chi connectivity index (χ2n) is 11.0. The molecule has 9 nitrogen and oxygen atoms in total. The van der Waals surface area contributed by atoms with Crippen LogP contribution in [0.5, 0.6) is 0 Å². The topological polar surface area (TPSA) is 108 Å². The third kappa shape index (κ3) is 6.47. The van der Waals surface area contributed by atoms with Crippen LogP contribution in [0.2, 0.25) is 0 Å². The summed E-state index contributed by atoms with van der Waals surface area (Å²) in [5, 5.41) is 6.17. The highest BCUT2D eigenvalue weighted by Gasteiger charge is 2.37. The molecule has 4 amide bonds. The van der Waals surface area contributed by atoms with E-state index in [1.165, 1.54) is 37.1 Å². The second kappa shape index (κ2) is 13.8. The smallest absolute Gasteiger partial charge is 0.341 e. The van der Waals surface area contributed by atoms with Gasteiger partial charge in [-0.05, 0) is 48.7 Å². The molecule has 1 aromatic heterocycles. The van der Waals surface area contributed by atoms with Gasteiger partial charge in [0.15, 0.2) is 0 Å². The van der Waals surface area contributed by atoms with Crippen molar-refractivity contribution in [1.29, 1.82) is 0 Å². The highest BCUT2D eigenvalue weighted by molar-refractivity contribution is 8.00. The number of methoxy groups -OCH3 is 1. The predicted molar refractivity (Wildman–Crippen MR) is 185 cm³/mol. The first-order valence-corrected chi connectivity index (χ1v) is 17.6. The number of hydrogen-bond acceptors (Lipinski definition) is 8. The van der Waals surface area contributed by atoms with Gasteiger partial charge in [0.05, 0.1) is 41.4 Å². The first-order chi connectivity index (χ1) is 22.3. The van der Waals surface area contributed by atoms with Crippen molar-refractivity contribution >= 4 is 75.1 Å². The van der Waals surface area contributed by atoms with Crippen molar-refractivity contribution in [2.24, 2.45) is 0 Å². The van der Waals surface area contributed by atoms with E-state index in [1.54, 1.807) is 16.7 Å². The molecule has 238 valence electrons. The van der Waals surface area contributed by atoms with E-state index in [2.05, 4.69) is 22.8 Å². The Hall–Kier alpha value is -4.00. The van der Waals surface area contributed by atoms with Gasteiger partial charge >= 0.3 is 12.0 Å². The van der Waals surface area contributed by atoms with Crippen LogP contribution in [0.25, 0.3) is 0 Å². The molecule has 0 bridgehead atoms. The zero-order valence-electron chi connectivity index (χ0n) is 25.6. The Kier molecular flexibility index (Phi) is 9.57. The third-order valence-corrected chi connectivity index (χ3v) is 11.9. The van der Waals surface area contributed by atoms with E-state index in [4.69, 9.17) is 4.74 Å². The summed E-state index contributed by atoms with van der Waals surface area (Å²) in [7, 11) is 1.32. The average Bonchev–Trinajstić information content (AvgIpc) is 3.42. The predicted octanol–water partition coefficient (Wildman–Crippen LogP) is 6.96. The number of thioether (sulfide) groups is 2. The summed E-state index contributed by atoms with van der Waals surface area (Å²) >= 11 is 4.46. The fraction of sp³-hybridized carbons (Fsp3) is 0.294. The number of esters is 1. The molecule has 1 aliphatic carbocycles. The maximum Gasteiger partial charge on any atom is 0.341 e. The quantitative estimate of drug-likeness (QED) is 0.206. The molecule has 2 N–H and O–H groups in total. The van der Waals surface area contributed by atoms with E-state index in [-0.39, 0.29) is 29.1 Å². The minimum Gasteiger partial charge on any atom is -0.465 e. The normalized spacial score (nSPS) is 18.6. The number of hydrogen-bond donors (Lipinski definition) is 2. The third-order valence-electron chi connectivity index (χ3n) is 8.12. The average molecular weight is 675 g/mol. The molecule has 2 aromatic carbocycles. The summed E-state index contributed by atoms with van der Waals surface area (Å²) in [6.07, 6.45) is 9.23. The SMILES string of the molecule is CCC(Sc1cccc(NC(=O)N2c3ccccc3SC3C=CC=CC32)c1)C(=O)Nc1sc2c(c1C(=O)OC)CCN(C(C)=O)C2. The molecule has 46 heavy (non-hydrogen) atoms. The van der Waals surface area contributed by atoms with Gasteiger partial charge in [0.25, 0.3) is 0 Å². The molecule has 6 rings (SSSR count). The van der Waals surface area contributed by atoms with Crippen LogP contribution in [0.1, 0.15) is 41.1 Å². The summed E-state index contributed by atoms with van der Waals surface area (Å²) in [5.74, 6) is -0.772. The molecule has 3 aliphatic rings. The Morgan fingerprint density at radius 2 is 1.87 bits per heavy atom. The fourth-order valence-electron chi connectivity index (χ4n) is 5.81. The van der Waals surface area contributed by atoms with Crippen LogP contribution < -0.4 is 15.5 Å². The number of nitrogens with zero attached hydrogens (tertiary/aromatic N) is 2. The molecule has 3 heterocycles. The molecule has 0 saturated carbocycles. The van der Waals surface area contributed by atoms with Crippen LogP contribution in [0, 0.1) is 0 Å². The summed E-state index contributed by atoms with van der Waals surface area (Å²) in [6.45, 7) is 4.37. The van der Waals surface area contributed by atoms with Crippen LogP contribution in [0.15, 0.2) is 82.6 Å². The van der Waals surface area contributed by atoms with Crippen molar-refractivity contribution in [3.8, 4) is 0 Å². The van der Waals surface area contributed by atoms with Crippen LogP contribution in [0.4, 0.5) is 21.2 Å². The van der Waals surface area contributed by atoms with Gasteiger partial charge in [0.1, 0.15) is 5.00 Å². The van der Waals surface area contributed by atoms with Crippen molar-refractivity contribution < 1.29 is 23.9 Å². The Morgan fingerprint density at radius 3 is 2.65 bits per heavy atom. The zero-order valence-corrected chi connectivity index (χ0v) is 28.1. The molecule has 2 aliphatic heterocycles. The van der Waals surface area contributed by atoms with Gasteiger partial charge in [0.2, 0.25) is 11.8 Å². The van der Waals surface area contributed by atoms with Gasteiger partial charge in [-0.15, -0.1) is 34.9 Å². The van der Waals surface area contributed by atoms with Crippen molar-refractivity contribution in [3.63, 3.8) is 0 Å². The van der Waals surface area contributed by atoms with Crippen LogP contribution in [0.3, 0.4) is 0 Å². The minimum atomic E-state index is -0.505. The first-order valence-electron chi connectivity index (χ1n) is 15.0. The van der Waals surface area contributed by atoms with Crippen molar-refractivity contribution in [1.82, 2.24) is 4.90 Å². The molecule has 3 unspecified atom stereocenters. The van der Waals surface area contributed by atoms with Crippen LogP contribution >= 0.6 is 34.9 Å². The highest BCUT2D eigenvalue weighted by Crippen LogP contribution is 2.44. The van der Waals surface area contributed by atoms with Crippen LogP contribution in [-0.4, -0.2) is 58.9 Å². The monoisotopic (exact) mass is 674 g/mol. The molecule has 0 spiro atoms. The molecule has 0 saturated heterocycles. The summed E-state index contributed by atoms with van der Waals surface area (Å²) in [5.41, 5.74) is 2.69. The Labute approximate surface area is 280 Å².